The molecule has 2 aromatic rings. The minimum atomic E-state index is 0. The predicted octanol–water partition coefficient (Wildman–Crippen LogP) is 3.16. The first-order chi connectivity index (χ1) is 15.2. The molecule has 4 rings (SSSR count). The van der Waals surface area contributed by atoms with Crippen LogP contribution in [-0.2, 0) is 17.9 Å². The normalized spacial score (nSPS) is 16.3. The molecule has 172 valence electrons. The number of aromatic nitrogens is 1. The lowest BCUT2D eigenvalue weighted by Crippen LogP contribution is -2.49. The summed E-state index contributed by atoms with van der Waals surface area (Å²) >= 11 is 0. The number of nitrogens with zero attached hydrogens (tertiary/aromatic N) is 4. The highest BCUT2D eigenvalue weighted by Gasteiger charge is 2.23. The topological polar surface area (TPSA) is 72.9 Å². The van der Waals surface area contributed by atoms with Crippen LogP contribution >= 0.6 is 24.0 Å². The number of fused-ring (bicyclic) bond motifs is 1. The SMILES string of the molecule is CN=C(NCCCC(=O)N1Cc2ccccc2C1)NC1CCN(c2ccccn2)CC1.I. The fourth-order valence-electron chi connectivity index (χ4n) is 4.30. The summed E-state index contributed by atoms with van der Waals surface area (Å²) in [6.45, 7) is 4.18. The molecule has 2 aliphatic heterocycles. The third-order valence-corrected chi connectivity index (χ3v) is 6.09. The molecule has 7 nitrogen and oxygen atoms in total. The quantitative estimate of drug-likeness (QED) is 0.251. The first kappa shape index (κ1) is 24.3. The van der Waals surface area contributed by atoms with E-state index in [4.69, 9.17) is 0 Å². The fourth-order valence-corrected chi connectivity index (χ4v) is 4.30. The van der Waals surface area contributed by atoms with Crippen LogP contribution in [0.3, 0.4) is 0 Å². The summed E-state index contributed by atoms with van der Waals surface area (Å²) in [6, 6.07) is 14.8. The Kier molecular flexibility index (Phi) is 9.13. The number of rotatable bonds is 6. The van der Waals surface area contributed by atoms with Crippen LogP contribution in [0.2, 0.25) is 0 Å². The van der Waals surface area contributed by atoms with Gasteiger partial charge in [0.1, 0.15) is 5.82 Å². The molecule has 0 spiro atoms. The highest BCUT2D eigenvalue weighted by Crippen LogP contribution is 2.23. The number of carbonyl (C=O) groups excluding carboxylic acids is 1. The van der Waals surface area contributed by atoms with Gasteiger partial charge in [0.05, 0.1) is 0 Å². The minimum absolute atomic E-state index is 0. The summed E-state index contributed by atoms with van der Waals surface area (Å²) in [4.78, 5) is 25.6. The molecule has 2 aliphatic rings. The molecule has 32 heavy (non-hydrogen) atoms. The Morgan fingerprint density at radius 1 is 1.09 bits per heavy atom. The first-order valence-electron chi connectivity index (χ1n) is 11.2. The standard InChI is InChI=1S/C24H32N6O.HI/c1-25-24(28-21-11-15-29(16-12-21)22-9-4-5-13-26-22)27-14-6-10-23(31)30-17-19-7-2-3-8-20(19)18-30;/h2-5,7-9,13,21H,6,10-12,14-18H2,1H3,(H2,25,27,28);1H. The monoisotopic (exact) mass is 548 g/mol. The molecule has 2 N–H and O–H groups in total. The zero-order valence-electron chi connectivity index (χ0n) is 18.7. The van der Waals surface area contributed by atoms with Gasteiger partial charge < -0.3 is 20.4 Å². The lowest BCUT2D eigenvalue weighted by Gasteiger charge is -2.33. The lowest BCUT2D eigenvalue weighted by atomic mass is 10.1. The number of pyridine rings is 1. The van der Waals surface area contributed by atoms with Gasteiger partial charge in [0, 0.05) is 58.4 Å². The van der Waals surface area contributed by atoms with Crippen molar-refractivity contribution >= 4 is 41.7 Å². The highest BCUT2D eigenvalue weighted by atomic mass is 127. The third kappa shape index (κ3) is 6.34. The maximum absolute atomic E-state index is 12.5. The van der Waals surface area contributed by atoms with E-state index in [-0.39, 0.29) is 29.9 Å². The molecular weight excluding hydrogens is 515 g/mol. The van der Waals surface area contributed by atoms with Crippen molar-refractivity contribution in [2.45, 2.75) is 44.8 Å². The number of aliphatic imine (C=N–C) groups is 1. The lowest BCUT2D eigenvalue weighted by molar-refractivity contribution is -0.131. The van der Waals surface area contributed by atoms with Crippen LogP contribution in [0, 0.1) is 0 Å². The second-order valence-electron chi connectivity index (χ2n) is 8.21. The number of anilines is 1. The van der Waals surface area contributed by atoms with Crippen molar-refractivity contribution in [1.29, 1.82) is 0 Å². The van der Waals surface area contributed by atoms with E-state index >= 15 is 0 Å². The number of hydrogen-bond acceptors (Lipinski definition) is 4. The van der Waals surface area contributed by atoms with Crippen molar-refractivity contribution in [3.8, 4) is 0 Å². The van der Waals surface area contributed by atoms with Gasteiger partial charge in [0.25, 0.3) is 0 Å². The summed E-state index contributed by atoms with van der Waals surface area (Å²) in [6.07, 6.45) is 5.29. The average Bonchev–Trinajstić information content (AvgIpc) is 3.26. The van der Waals surface area contributed by atoms with Gasteiger partial charge in [-0.3, -0.25) is 9.79 Å². The van der Waals surface area contributed by atoms with Crippen molar-refractivity contribution in [3.05, 3.63) is 59.8 Å². The van der Waals surface area contributed by atoms with E-state index in [2.05, 4.69) is 43.7 Å². The highest BCUT2D eigenvalue weighted by molar-refractivity contribution is 14.0. The van der Waals surface area contributed by atoms with Crippen LogP contribution in [0.1, 0.15) is 36.8 Å². The Bertz CT molecular complexity index is 873. The molecular formula is C24H33IN6O. The van der Waals surface area contributed by atoms with E-state index in [1.54, 1.807) is 7.05 Å². The van der Waals surface area contributed by atoms with Gasteiger partial charge in [-0.1, -0.05) is 30.3 Å². The molecule has 8 heteroatoms. The van der Waals surface area contributed by atoms with E-state index in [0.29, 0.717) is 12.5 Å². The molecule has 1 aromatic carbocycles. The van der Waals surface area contributed by atoms with Gasteiger partial charge >= 0.3 is 0 Å². The first-order valence-corrected chi connectivity index (χ1v) is 11.2. The van der Waals surface area contributed by atoms with Crippen LogP contribution in [0.4, 0.5) is 5.82 Å². The van der Waals surface area contributed by atoms with Crippen LogP contribution < -0.4 is 15.5 Å². The molecule has 0 radical (unpaired) electrons. The van der Waals surface area contributed by atoms with Crippen LogP contribution in [0.15, 0.2) is 53.7 Å². The molecule has 1 saturated heterocycles. The second kappa shape index (κ2) is 12.0. The number of hydrogen-bond donors (Lipinski definition) is 2. The van der Waals surface area contributed by atoms with E-state index in [1.165, 1.54) is 11.1 Å². The average molecular weight is 548 g/mol. The fraction of sp³-hybridized carbons (Fsp3) is 0.458. The molecule has 0 unspecified atom stereocenters. The zero-order valence-corrected chi connectivity index (χ0v) is 21.0. The number of piperidine rings is 1. The van der Waals surface area contributed by atoms with Crippen molar-refractivity contribution in [1.82, 2.24) is 20.5 Å². The molecule has 1 amide bonds. The molecule has 0 bridgehead atoms. The maximum Gasteiger partial charge on any atom is 0.223 e. The van der Waals surface area contributed by atoms with E-state index in [9.17, 15) is 4.79 Å². The number of carbonyl (C=O) groups is 1. The van der Waals surface area contributed by atoms with Gasteiger partial charge in [-0.05, 0) is 42.5 Å². The molecule has 0 saturated carbocycles. The van der Waals surface area contributed by atoms with Gasteiger partial charge in [-0.25, -0.2) is 4.98 Å². The smallest absolute Gasteiger partial charge is 0.223 e. The largest absolute Gasteiger partial charge is 0.356 e. The van der Waals surface area contributed by atoms with Gasteiger partial charge in [-0.2, -0.15) is 0 Å². The summed E-state index contributed by atoms with van der Waals surface area (Å²) < 4.78 is 0. The number of nitrogens with one attached hydrogen (secondary N) is 2. The Balaban J connectivity index is 0.00000289. The number of benzene rings is 1. The molecule has 1 aromatic heterocycles. The minimum Gasteiger partial charge on any atom is -0.356 e. The van der Waals surface area contributed by atoms with Crippen molar-refractivity contribution < 1.29 is 4.79 Å². The summed E-state index contributed by atoms with van der Waals surface area (Å²) in [5.41, 5.74) is 2.54. The number of guanidine groups is 1. The summed E-state index contributed by atoms with van der Waals surface area (Å²) in [5.74, 6) is 2.09. The van der Waals surface area contributed by atoms with Crippen LogP contribution in [0.5, 0.6) is 0 Å². The maximum atomic E-state index is 12.5. The zero-order chi connectivity index (χ0) is 21.5. The Hall–Kier alpha value is -2.36. The Morgan fingerprint density at radius 2 is 1.78 bits per heavy atom. The number of amides is 1. The Morgan fingerprint density at radius 3 is 2.41 bits per heavy atom. The van der Waals surface area contributed by atoms with E-state index in [0.717, 1.165) is 63.8 Å². The van der Waals surface area contributed by atoms with Crippen molar-refractivity contribution in [3.63, 3.8) is 0 Å². The van der Waals surface area contributed by atoms with Crippen molar-refractivity contribution in [2.24, 2.45) is 4.99 Å². The molecule has 1 fully saturated rings. The Labute approximate surface area is 207 Å². The summed E-state index contributed by atoms with van der Waals surface area (Å²) in [7, 11) is 1.80. The molecule has 3 heterocycles. The van der Waals surface area contributed by atoms with E-state index < -0.39 is 0 Å². The molecule has 0 atom stereocenters. The van der Waals surface area contributed by atoms with Crippen LogP contribution in [0.25, 0.3) is 0 Å². The predicted molar refractivity (Wildman–Crippen MR) is 139 cm³/mol. The summed E-state index contributed by atoms with van der Waals surface area (Å²) in [5, 5.41) is 6.89. The second-order valence-corrected chi connectivity index (χ2v) is 8.21. The van der Waals surface area contributed by atoms with Crippen molar-refractivity contribution in [2.75, 3.05) is 31.6 Å². The number of halogens is 1. The van der Waals surface area contributed by atoms with E-state index in [1.807, 2.05) is 35.4 Å². The van der Waals surface area contributed by atoms with Gasteiger partial charge in [-0.15, -0.1) is 24.0 Å². The third-order valence-electron chi connectivity index (χ3n) is 6.09. The van der Waals surface area contributed by atoms with Gasteiger partial charge in [0.15, 0.2) is 5.96 Å². The van der Waals surface area contributed by atoms with Gasteiger partial charge in [0.2, 0.25) is 5.91 Å². The molecule has 0 aliphatic carbocycles. The van der Waals surface area contributed by atoms with Crippen LogP contribution in [-0.4, -0.2) is 54.5 Å².